The van der Waals surface area contributed by atoms with Gasteiger partial charge in [-0.3, -0.25) is 4.79 Å². The number of hydrogen-bond acceptors (Lipinski definition) is 4. The molecule has 0 amide bonds. The second kappa shape index (κ2) is 7.89. The van der Waals surface area contributed by atoms with Crippen LogP contribution in [0.25, 0.3) is 0 Å². The third-order valence-electron chi connectivity index (χ3n) is 4.41. The smallest absolute Gasteiger partial charge is 0.338 e. The molecule has 1 heterocycles. The van der Waals surface area contributed by atoms with Gasteiger partial charge >= 0.3 is 11.9 Å². The van der Waals surface area contributed by atoms with Gasteiger partial charge in [0.05, 0.1) is 5.56 Å². The molecule has 1 aliphatic rings. The first-order chi connectivity index (χ1) is 12.4. The van der Waals surface area contributed by atoms with E-state index in [0.717, 1.165) is 16.7 Å². The van der Waals surface area contributed by atoms with E-state index in [2.05, 4.69) is 5.32 Å². The highest BCUT2D eigenvalue weighted by atomic mass is 35.5. The minimum Gasteiger partial charge on any atom is -0.480 e. The zero-order chi connectivity index (χ0) is 18.7. The normalized spacial score (nSPS) is 17.3. The Morgan fingerprint density at radius 2 is 2.04 bits per heavy atom. The van der Waals surface area contributed by atoms with E-state index in [9.17, 15) is 14.7 Å². The van der Waals surface area contributed by atoms with Gasteiger partial charge in [-0.15, -0.1) is 0 Å². The van der Waals surface area contributed by atoms with E-state index in [1.54, 1.807) is 12.1 Å². The van der Waals surface area contributed by atoms with Crippen molar-refractivity contribution in [3.63, 3.8) is 0 Å². The second-order valence-electron chi connectivity index (χ2n) is 6.49. The summed E-state index contributed by atoms with van der Waals surface area (Å²) in [6, 6.07) is 12.2. The summed E-state index contributed by atoms with van der Waals surface area (Å²) < 4.78 is 5.25. The van der Waals surface area contributed by atoms with Crippen molar-refractivity contribution in [1.29, 1.82) is 0 Å². The van der Waals surface area contributed by atoms with E-state index < -0.39 is 12.0 Å². The summed E-state index contributed by atoms with van der Waals surface area (Å²) in [7, 11) is 0. The summed E-state index contributed by atoms with van der Waals surface area (Å²) in [6.07, 6.45) is 0.757. The number of carbonyl (C=O) groups is 2. The lowest BCUT2D eigenvalue weighted by Crippen LogP contribution is -2.38. The SMILES string of the molecule is CC1Cc2c(Cl)cc(CNC(Cc3ccccc3)C(=O)O)cc2C(=O)O1. The molecule has 3 rings (SSSR count). The number of fused-ring (bicyclic) bond motifs is 1. The van der Waals surface area contributed by atoms with Crippen LogP contribution in [0.4, 0.5) is 0 Å². The Morgan fingerprint density at radius 1 is 1.31 bits per heavy atom. The molecule has 2 N–H and O–H groups in total. The molecule has 0 aromatic heterocycles. The van der Waals surface area contributed by atoms with Gasteiger partial charge in [-0.05, 0) is 42.2 Å². The molecule has 2 aromatic rings. The molecule has 5 nitrogen and oxygen atoms in total. The monoisotopic (exact) mass is 373 g/mol. The fraction of sp³-hybridized carbons (Fsp3) is 0.300. The molecule has 2 unspecified atom stereocenters. The summed E-state index contributed by atoms with van der Waals surface area (Å²) in [4.78, 5) is 23.6. The Labute approximate surface area is 156 Å². The summed E-state index contributed by atoms with van der Waals surface area (Å²) >= 11 is 6.33. The van der Waals surface area contributed by atoms with Crippen molar-refractivity contribution < 1.29 is 19.4 Å². The van der Waals surface area contributed by atoms with Gasteiger partial charge in [-0.25, -0.2) is 4.79 Å². The first-order valence-corrected chi connectivity index (χ1v) is 8.84. The Kier molecular flexibility index (Phi) is 5.59. The van der Waals surface area contributed by atoms with E-state index in [4.69, 9.17) is 16.3 Å². The fourth-order valence-electron chi connectivity index (χ4n) is 3.10. The lowest BCUT2D eigenvalue weighted by atomic mass is 9.96. The van der Waals surface area contributed by atoms with Crippen LogP contribution in [-0.2, 0) is 28.9 Å². The average molecular weight is 374 g/mol. The molecule has 0 radical (unpaired) electrons. The van der Waals surface area contributed by atoms with E-state index >= 15 is 0 Å². The van der Waals surface area contributed by atoms with Gasteiger partial charge < -0.3 is 15.2 Å². The lowest BCUT2D eigenvalue weighted by Gasteiger charge is -2.23. The number of cyclic esters (lactones) is 1. The first kappa shape index (κ1) is 18.4. The molecule has 1 aliphatic heterocycles. The number of carbonyl (C=O) groups excluding carboxylic acids is 1. The van der Waals surface area contributed by atoms with E-state index in [-0.39, 0.29) is 12.1 Å². The summed E-state index contributed by atoms with van der Waals surface area (Å²) in [5.74, 6) is -1.31. The molecular formula is C20H20ClNO4. The maximum absolute atomic E-state index is 12.1. The van der Waals surface area contributed by atoms with Crippen LogP contribution in [0, 0.1) is 0 Å². The molecule has 0 bridgehead atoms. The third kappa shape index (κ3) is 4.23. The second-order valence-corrected chi connectivity index (χ2v) is 6.89. The van der Waals surface area contributed by atoms with Crippen LogP contribution in [-0.4, -0.2) is 29.2 Å². The third-order valence-corrected chi connectivity index (χ3v) is 4.75. The Morgan fingerprint density at radius 3 is 2.73 bits per heavy atom. The van der Waals surface area contributed by atoms with Crippen molar-refractivity contribution in [2.75, 3.05) is 0 Å². The predicted molar refractivity (Wildman–Crippen MR) is 98.4 cm³/mol. The van der Waals surface area contributed by atoms with Crippen LogP contribution in [0.5, 0.6) is 0 Å². The number of hydrogen-bond donors (Lipinski definition) is 2. The van der Waals surface area contributed by atoms with Gasteiger partial charge in [0.25, 0.3) is 0 Å². The number of ether oxygens (including phenoxy) is 1. The molecule has 6 heteroatoms. The van der Waals surface area contributed by atoms with Crippen LogP contribution in [0.2, 0.25) is 5.02 Å². The maximum Gasteiger partial charge on any atom is 0.338 e. The minimum absolute atomic E-state index is 0.196. The molecule has 26 heavy (non-hydrogen) atoms. The number of rotatable bonds is 6. The van der Waals surface area contributed by atoms with Crippen molar-refractivity contribution >= 4 is 23.5 Å². The number of nitrogens with one attached hydrogen (secondary N) is 1. The Bertz CT molecular complexity index is 822. The molecule has 2 atom stereocenters. The van der Waals surface area contributed by atoms with E-state index in [0.29, 0.717) is 30.0 Å². The molecule has 0 saturated heterocycles. The van der Waals surface area contributed by atoms with E-state index in [1.165, 1.54) is 0 Å². The van der Waals surface area contributed by atoms with Crippen LogP contribution in [0.3, 0.4) is 0 Å². The van der Waals surface area contributed by atoms with Crippen molar-refractivity contribution in [1.82, 2.24) is 5.32 Å². The standard InChI is InChI=1S/C20H20ClNO4/c1-12-7-15-16(20(25)26-12)8-14(9-17(15)21)11-22-18(19(23)24)10-13-5-3-2-4-6-13/h2-6,8-9,12,18,22H,7,10-11H2,1H3,(H,23,24). The number of esters is 1. The van der Waals surface area contributed by atoms with Gasteiger partial charge in [0, 0.05) is 18.0 Å². The van der Waals surface area contributed by atoms with Crippen molar-refractivity contribution in [3.05, 3.63) is 69.7 Å². The largest absolute Gasteiger partial charge is 0.480 e. The van der Waals surface area contributed by atoms with Crippen molar-refractivity contribution in [2.24, 2.45) is 0 Å². The zero-order valence-electron chi connectivity index (χ0n) is 14.4. The van der Waals surface area contributed by atoms with Gasteiger partial charge in [0.15, 0.2) is 0 Å². The zero-order valence-corrected chi connectivity index (χ0v) is 15.1. The number of carboxylic acids is 1. The molecule has 0 saturated carbocycles. The molecule has 136 valence electrons. The number of halogens is 1. The van der Waals surface area contributed by atoms with Crippen molar-refractivity contribution in [2.45, 2.75) is 38.5 Å². The highest BCUT2D eigenvalue weighted by Crippen LogP contribution is 2.29. The molecular weight excluding hydrogens is 354 g/mol. The highest BCUT2D eigenvalue weighted by Gasteiger charge is 2.26. The highest BCUT2D eigenvalue weighted by molar-refractivity contribution is 6.32. The maximum atomic E-state index is 12.1. The lowest BCUT2D eigenvalue weighted by molar-refractivity contribution is -0.139. The van der Waals surface area contributed by atoms with Gasteiger partial charge in [-0.1, -0.05) is 41.9 Å². The number of benzene rings is 2. The topological polar surface area (TPSA) is 75.6 Å². The first-order valence-electron chi connectivity index (χ1n) is 8.46. The average Bonchev–Trinajstić information content (AvgIpc) is 2.60. The number of aliphatic carboxylic acids is 1. The molecule has 2 aromatic carbocycles. The molecule has 0 aliphatic carbocycles. The summed E-state index contributed by atoms with van der Waals surface area (Å²) in [5, 5.41) is 13.0. The van der Waals surface area contributed by atoms with Gasteiger partial charge in [0.1, 0.15) is 12.1 Å². The van der Waals surface area contributed by atoms with Crippen molar-refractivity contribution in [3.8, 4) is 0 Å². The number of carboxylic acid groups (broad SMARTS) is 1. The Hall–Kier alpha value is -2.37. The Balaban J connectivity index is 1.74. The van der Waals surface area contributed by atoms with E-state index in [1.807, 2.05) is 37.3 Å². The summed E-state index contributed by atoms with van der Waals surface area (Å²) in [5.41, 5.74) is 2.94. The van der Waals surface area contributed by atoms with Gasteiger partial charge in [0.2, 0.25) is 0 Å². The molecule has 0 fully saturated rings. The fourth-order valence-corrected chi connectivity index (χ4v) is 3.42. The van der Waals surface area contributed by atoms with Crippen LogP contribution < -0.4 is 5.32 Å². The minimum atomic E-state index is -0.925. The van der Waals surface area contributed by atoms with Crippen LogP contribution >= 0.6 is 11.6 Å². The molecule has 0 spiro atoms. The van der Waals surface area contributed by atoms with Crippen LogP contribution in [0.15, 0.2) is 42.5 Å². The van der Waals surface area contributed by atoms with Crippen LogP contribution in [0.1, 0.15) is 34.0 Å². The predicted octanol–water partition coefficient (Wildman–Crippen LogP) is 3.23. The van der Waals surface area contributed by atoms with Gasteiger partial charge in [-0.2, -0.15) is 0 Å². The quantitative estimate of drug-likeness (QED) is 0.760. The summed E-state index contributed by atoms with van der Waals surface area (Å²) in [6.45, 7) is 2.12.